The first-order valence-electron chi connectivity index (χ1n) is 9.69. The highest BCUT2D eigenvalue weighted by molar-refractivity contribution is 6.30. The summed E-state index contributed by atoms with van der Waals surface area (Å²) in [5.41, 5.74) is -0.336. The molecule has 160 valence electrons. The summed E-state index contributed by atoms with van der Waals surface area (Å²) in [5.74, 6) is -0.968. The van der Waals surface area contributed by atoms with E-state index in [1.165, 1.54) is 17.0 Å². The number of carbonyl (C=O) groups excluding carboxylic acids is 2. The Hall–Kier alpha value is -3.10. The van der Waals surface area contributed by atoms with Crippen molar-refractivity contribution in [3.63, 3.8) is 0 Å². The number of aryl methyl sites for hydroxylation is 2. The first-order chi connectivity index (χ1) is 14.8. The molecular weight excluding hydrogens is 425 g/mol. The maximum atomic E-state index is 13.5. The van der Waals surface area contributed by atoms with Gasteiger partial charge in [-0.2, -0.15) is 0 Å². The minimum atomic E-state index is -2.10. The van der Waals surface area contributed by atoms with Crippen molar-refractivity contribution in [3.8, 4) is 11.5 Å². The number of hydrogen-bond donors (Lipinski definition) is 1. The van der Waals surface area contributed by atoms with Gasteiger partial charge in [0, 0.05) is 42.6 Å². The quantitative estimate of drug-likeness (QED) is 0.585. The van der Waals surface area contributed by atoms with Gasteiger partial charge in [-0.3, -0.25) is 9.59 Å². The molecule has 1 aliphatic rings. The standard InChI is InChI=1S/C22H19ClFN3O4/c1-13-25-26-20(31-13)15-3-5-18(6-4-15)27-9-8-22(30,21(27)29)19(28)7-2-14-10-16(23)12-17(24)11-14/h3-6,10-12,30H,2,7-9H2,1H3/t22-/m0/s1. The molecule has 1 atom stereocenters. The molecule has 7 nitrogen and oxygen atoms in total. The van der Waals surface area contributed by atoms with Crippen molar-refractivity contribution in [3.05, 3.63) is 64.8 Å². The number of amides is 1. The number of nitrogens with zero attached hydrogens (tertiary/aromatic N) is 3. The first-order valence-corrected chi connectivity index (χ1v) is 10.1. The number of Topliss-reactive ketones (excluding diaryl/α,β-unsaturated/α-hetero) is 1. The van der Waals surface area contributed by atoms with Crippen LogP contribution < -0.4 is 4.90 Å². The fraction of sp³-hybridized carbons (Fsp3) is 0.273. The van der Waals surface area contributed by atoms with Crippen LogP contribution in [0.15, 0.2) is 46.9 Å². The number of anilines is 1. The van der Waals surface area contributed by atoms with Crippen LogP contribution in [-0.4, -0.2) is 39.1 Å². The molecule has 31 heavy (non-hydrogen) atoms. The Morgan fingerprint density at radius 3 is 2.65 bits per heavy atom. The summed E-state index contributed by atoms with van der Waals surface area (Å²) in [6, 6.07) is 10.8. The van der Waals surface area contributed by atoms with E-state index in [0.717, 1.165) is 0 Å². The van der Waals surface area contributed by atoms with E-state index in [1.807, 2.05) is 0 Å². The lowest BCUT2D eigenvalue weighted by Gasteiger charge is -2.21. The number of benzene rings is 2. The molecule has 4 rings (SSSR count). The molecule has 0 saturated carbocycles. The number of halogens is 2. The Morgan fingerprint density at radius 2 is 2.00 bits per heavy atom. The molecule has 1 aliphatic heterocycles. The van der Waals surface area contributed by atoms with E-state index in [9.17, 15) is 19.1 Å². The van der Waals surface area contributed by atoms with Crippen LogP contribution in [0.4, 0.5) is 10.1 Å². The maximum Gasteiger partial charge on any atom is 0.266 e. The fourth-order valence-corrected chi connectivity index (χ4v) is 3.87. The van der Waals surface area contributed by atoms with Gasteiger partial charge in [0.05, 0.1) is 0 Å². The Morgan fingerprint density at radius 1 is 1.26 bits per heavy atom. The lowest BCUT2D eigenvalue weighted by Crippen LogP contribution is -2.47. The highest BCUT2D eigenvalue weighted by Crippen LogP contribution is 2.31. The van der Waals surface area contributed by atoms with Gasteiger partial charge in [0.15, 0.2) is 5.78 Å². The van der Waals surface area contributed by atoms with Crippen molar-refractivity contribution in [2.24, 2.45) is 0 Å². The lowest BCUT2D eigenvalue weighted by atomic mass is 9.92. The van der Waals surface area contributed by atoms with Gasteiger partial charge in [0.25, 0.3) is 5.91 Å². The number of ketones is 1. The van der Waals surface area contributed by atoms with Crippen LogP contribution in [0, 0.1) is 12.7 Å². The normalized spacial score (nSPS) is 18.6. The van der Waals surface area contributed by atoms with Gasteiger partial charge in [-0.1, -0.05) is 11.6 Å². The molecule has 0 aliphatic carbocycles. The van der Waals surface area contributed by atoms with Gasteiger partial charge in [0.2, 0.25) is 17.4 Å². The predicted octanol–water partition coefficient (Wildman–Crippen LogP) is 3.51. The number of aromatic nitrogens is 2. The summed E-state index contributed by atoms with van der Waals surface area (Å²) < 4.78 is 18.9. The van der Waals surface area contributed by atoms with Crippen molar-refractivity contribution in [2.45, 2.75) is 31.8 Å². The molecule has 1 fully saturated rings. The number of carbonyl (C=O) groups is 2. The van der Waals surface area contributed by atoms with Crippen LogP contribution in [0.3, 0.4) is 0 Å². The van der Waals surface area contributed by atoms with Crippen molar-refractivity contribution < 1.29 is 23.5 Å². The molecule has 1 N–H and O–H groups in total. The van der Waals surface area contributed by atoms with E-state index in [0.29, 0.717) is 28.6 Å². The van der Waals surface area contributed by atoms with E-state index in [4.69, 9.17) is 16.0 Å². The second kappa shape index (κ2) is 8.20. The zero-order valence-corrected chi connectivity index (χ0v) is 17.4. The molecule has 9 heteroatoms. The molecule has 2 aromatic carbocycles. The lowest BCUT2D eigenvalue weighted by molar-refractivity contribution is -0.147. The smallest absolute Gasteiger partial charge is 0.266 e. The van der Waals surface area contributed by atoms with Crippen molar-refractivity contribution in [2.75, 3.05) is 11.4 Å². The third-order valence-electron chi connectivity index (χ3n) is 5.27. The van der Waals surface area contributed by atoms with Gasteiger partial charge >= 0.3 is 0 Å². The van der Waals surface area contributed by atoms with Crippen LogP contribution in [0.25, 0.3) is 11.5 Å². The maximum absolute atomic E-state index is 13.5. The number of aliphatic hydroxyl groups is 1. The summed E-state index contributed by atoms with van der Waals surface area (Å²) in [6.45, 7) is 1.89. The van der Waals surface area contributed by atoms with Gasteiger partial charge in [-0.15, -0.1) is 10.2 Å². The van der Waals surface area contributed by atoms with Crippen LogP contribution >= 0.6 is 11.6 Å². The number of rotatable bonds is 6. The minimum Gasteiger partial charge on any atom is -0.421 e. The molecule has 0 unspecified atom stereocenters. The van der Waals surface area contributed by atoms with E-state index < -0.39 is 23.1 Å². The van der Waals surface area contributed by atoms with Crippen molar-refractivity contribution >= 4 is 29.0 Å². The van der Waals surface area contributed by atoms with Gasteiger partial charge in [-0.25, -0.2) is 4.39 Å². The van der Waals surface area contributed by atoms with E-state index in [-0.39, 0.29) is 30.8 Å². The minimum absolute atomic E-state index is 0.0147. The Labute approximate surface area is 182 Å². The molecule has 3 aromatic rings. The summed E-state index contributed by atoms with van der Waals surface area (Å²) in [7, 11) is 0. The summed E-state index contributed by atoms with van der Waals surface area (Å²) in [6.07, 6.45) is 0.0503. The average Bonchev–Trinajstić information content (AvgIpc) is 3.30. The predicted molar refractivity (Wildman–Crippen MR) is 111 cm³/mol. The van der Waals surface area contributed by atoms with Crippen molar-refractivity contribution in [1.29, 1.82) is 0 Å². The molecule has 0 spiro atoms. The fourth-order valence-electron chi connectivity index (χ4n) is 3.63. The second-order valence-electron chi connectivity index (χ2n) is 7.44. The Balaban J connectivity index is 1.45. The average molecular weight is 444 g/mol. The van der Waals surface area contributed by atoms with Gasteiger partial charge in [0.1, 0.15) is 5.82 Å². The zero-order valence-electron chi connectivity index (χ0n) is 16.6. The van der Waals surface area contributed by atoms with Gasteiger partial charge < -0.3 is 14.4 Å². The van der Waals surface area contributed by atoms with Gasteiger partial charge in [-0.05, 0) is 54.4 Å². The molecule has 0 bridgehead atoms. The molecule has 1 saturated heterocycles. The summed E-state index contributed by atoms with van der Waals surface area (Å²) in [4.78, 5) is 26.9. The van der Waals surface area contributed by atoms with Crippen LogP contribution in [0.1, 0.15) is 24.3 Å². The molecule has 1 aromatic heterocycles. The van der Waals surface area contributed by atoms with E-state index >= 15 is 0 Å². The molecule has 1 amide bonds. The third-order valence-corrected chi connectivity index (χ3v) is 5.49. The topological polar surface area (TPSA) is 96.5 Å². The van der Waals surface area contributed by atoms with E-state index in [1.54, 1.807) is 37.3 Å². The largest absolute Gasteiger partial charge is 0.421 e. The van der Waals surface area contributed by atoms with Crippen molar-refractivity contribution in [1.82, 2.24) is 10.2 Å². The number of hydrogen-bond acceptors (Lipinski definition) is 6. The van der Waals surface area contributed by atoms with Crippen LogP contribution in [0.5, 0.6) is 0 Å². The van der Waals surface area contributed by atoms with Crippen LogP contribution in [0.2, 0.25) is 5.02 Å². The van der Waals surface area contributed by atoms with E-state index in [2.05, 4.69) is 10.2 Å². The third kappa shape index (κ3) is 4.22. The molecule has 0 radical (unpaired) electrons. The monoisotopic (exact) mass is 443 g/mol. The zero-order chi connectivity index (χ0) is 22.2. The van der Waals surface area contributed by atoms with Crippen LogP contribution in [-0.2, 0) is 16.0 Å². The second-order valence-corrected chi connectivity index (χ2v) is 7.88. The highest BCUT2D eigenvalue weighted by atomic mass is 35.5. The Kier molecular flexibility index (Phi) is 5.60. The Bertz CT molecular complexity index is 1130. The summed E-state index contributed by atoms with van der Waals surface area (Å²) in [5, 5.41) is 18.8. The summed E-state index contributed by atoms with van der Waals surface area (Å²) >= 11 is 5.83. The highest BCUT2D eigenvalue weighted by Gasteiger charge is 2.50. The molecule has 2 heterocycles. The molecular formula is C22H19ClFN3O4. The first kappa shape index (κ1) is 21.1. The SMILES string of the molecule is Cc1nnc(-c2ccc(N3CC[C@](O)(C(=O)CCc4cc(F)cc(Cl)c4)C3=O)cc2)o1.